The molecule has 0 bridgehead atoms. The van der Waals surface area contributed by atoms with Crippen LogP contribution < -0.4 is 0 Å². The van der Waals surface area contributed by atoms with Crippen LogP contribution in [0.3, 0.4) is 0 Å². The van der Waals surface area contributed by atoms with Gasteiger partial charge in [0, 0.05) is 0 Å². The summed E-state index contributed by atoms with van der Waals surface area (Å²) in [7, 11) is -1.44. The molecule has 0 aliphatic heterocycles. The molecule has 3 atom stereocenters. The van der Waals surface area contributed by atoms with E-state index in [1.807, 2.05) is 0 Å². The summed E-state index contributed by atoms with van der Waals surface area (Å²) in [6.07, 6.45) is 2.96. The summed E-state index contributed by atoms with van der Waals surface area (Å²) in [5.41, 5.74) is 0.317. The Morgan fingerprint density at radius 2 is 2.00 bits per heavy atom. The van der Waals surface area contributed by atoms with E-state index in [9.17, 15) is 13.0 Å². The highest BCUT2D eigenvalue weighted by molar-refractivity contribution is 7.86. The van der Waals surface area contributed by atoms with Crippen molar-refractivity contribution < 1.29 is 13.0 Å². The molecule has 1 rings (SSSR count). The van der Waals surface area contributed by atoms with Crippen LogP contribution in [0.15, 0.2) is 0 Å². The summed E-state index contributed by atoms with van der Waals surface area (Å²) in [6, 6.07) is 0. The lowest BCUT2D eigenvalue weighted by Crippen LogP contribution is -2.27. The monoisotopic (exact) mass is 195 g/mol. The minimum Gasteiger partial charge on any atom is -0.748 e. The highest BCUT2D eigenvalue weighted by Crippen LogP contribution is 2.27. The van der Waals surface area contributed by atoms with Crippen molar-refractivity contribution in [1.82, 2.24) is 0 Å². The average molecular weight is 195 g/mol. The molecular formula is C6H12O3PS-. The average Bonchev–Trinajstić information content (AvgIpc) is 1.86. The van der Waals surface area contributed by atoms with Crippen LogP contribution in [-0.2, 0) is 10.1 Å². The van der Waals surface area contributed by atoms with E-state index in [0.29, 0.717) is 18.5 Å². The van der Waals surface area contributed by atoms with Gasteiger partial charge >= 0.3 is 0 Å². The Hall–Kier alpha value is 0.340. The molecule has 0 aromatic heterocycles. The Kier molecular flexibility index (Phi) is 2.90. The third-order valence-corrected chi connectivity index (χ3v) is 3.93. The van der Waals surface area contributed by atoms with E-state index in [1.165, 1.54) is 0 Å². The highest BCUT2D eigenvalue weighted by atomic mass is 32.2. The second kappa shape index (κ2) is 3.38. The molecule has 66 valence electrons. The second-order valence-corrected chi connectivity index (χ2v) is 5.64. The van der Waals surface area contributed by atoms with Crippen LogP contribution in [0.4, 0.5) is 0 Å². The molecule has 0 radical (unpaired) electrons. The Labute approximate surface area is 69.5 Å². The normalized spacial score (nSPS) is 33.6. The molecule has 0 aromatic carbocycles. The SMILES string of the molecule is O=S(=O)([O-])C1CCCC(P)C1. The van der Waals surface area contributed by atoms with Crippen molar-refractivity contribution in [1.29, 1.82) is 0 Å². The van der Waals surface area contributed by atoms with Gasteiger partial charge in [-0.1, -0.05) is 6.42 Å². The van der Waals surface area contributed by atoms with Gasteiger partial charge in [-0.25, -0.2) is 8.42 Å². The maximum absolute atomic E-state index is 10.6. The molecular weight excluding hydrogens is 183 g/mol. The summed E-state index contributed by atoms with van der Waals surface area (Å²) in [4.78, 5) is 0. The first-order valence-corrected chi connectivity index (χ1v) is 5.84. The van der Waals surface area contributed by atoms with Crippen molar-refractivity contribution in [3.63, 3.8) is 0 Å². The minimum atomic E-state index is -4.02. The first-order valence-electron chi connectivity index (χ1n) is 3.70. The van der Waals surface area contributed by atoms with Crippen molar-refractivity contribution >= 4 is 19.4 Å². The molecule has 5 heteroatoms. The van der Waals surface area contributed by atoms with Crippen LogP contribution >= 0.6 is 9.24 Å². The molecule has 0 amide bonds. The zero-order valence-electron chi connectivity index (χ0n) is 6.19. The molecule has 1 aliphatic carbocycles. The molecule has 0 heterocycles. The highest BCUT2D eigenvalue weighted by Gasteiger charge is 2.23. The summed E-state index contributed by atoms with van der Waals surface area (Å²) in [5.74, 6) is 0. The predicted molar refractivity (Wildman–Crippen MR) is 45.5 cm³/mol. The standard InChI is InChI=1S/C6H13O3PS/c7-11(8,9)6-3-1-2-5(10)4-6/h5-6H,1-4,10H2,(H,7,8,9)/p-1. The maximum atomic E-state index is 10.6. The van der Waals surface area contributed by atoms with E-state index < -0.39 is 15.4 Å². The van der Waals surface area contributed by atoms with Crippen LogP contribution in [0.2, 0.25) is 0 Å². The van der Waals surface area contributed by atoms with Gasteiger partial charge in [0.05, 0.1) is 15.4 Å². The molecule has 3 nitrogen and oxygen atoms in total. The topological polar surface area (TPSA) is 57.2 Å². The van der Waals surface area contributed by atoms with Crippen LogP contribution in [-0.4, -0.2) is 23.9 Å². The van der Waals surface area contributed by atoms with Crippen LogP contribution in [0.5, 0.6) is 0 Å². The summed E-state index contributed by atoms with van der Waals surface area (Å²) in [5, 5.41) is -0.626. The van der Waals surface area contributed by atoms with E-state index in [0.717, 1.165) is 12.8 Å². The molecule has 3 unspecified atom stereocenters. The lowest BCUT2D eigenvalue weighted by atomic mass is 10.00. The number of rotatable bonds is 1. The Balaban J connectivity index is 2.60. The first-order chi connectivity index (χ1) is 5.00. The number of hydrogen-bond donors (Lipinski definition) is 0. The smallest absolute Gasteiger partial charge is 0.0975 e. The second-order valence-electron chi connectivity index (χ2n) is 3.04. The van der Waals surface area contributed by atoms with Crippen molar-refractivity contribution in [3.05, 3.63) is 0 Å². The first kappa shape index (κ1) is 9.43. The van der Waals surface area contributed by atoms with E-state index in [2.05, 4.69) is 9.24 Å². The van der Waals surface area contributed by atoms with Crippen molar-refractivity contribution in [2.75, 3.05) is 0 Å². The van der Waals surface area contributed by atoms with E-state index in [-0.39, 0.29) is 0 Å². The van der Waals surface area contributed by atoms with Gasteiger partial charge < -0.3 is 4.55 Å². The van der Waals surface area contributed by atoms with Crippen LogP contribution in [0.25, 0.3) is 0 Å². The van der Waals surface area contributed by atoms with Gasteiger partial charge in [0.25, 0.3) is 0 Å². The quantitative estimate of drug-likeness (QED) is 0.457. The van der Waals surface area contributed by atoms with Crippen LogP contribution in [0, 0.1) is 0 Å². The maximum Gasteiger partial charge on any atom is 0.0975 e. The Bertz CT molecular complexity index is 224. The van der Waals surface area contributed by atoms with Gasteiger partial charge in [0.2, 0.25) is 0 Å². The molecule has 0 N–H and O–H groups in total. The summed E-state index contributed by atoms with van der Waals surface area (Å²) < 4.78 is 31.7. The fourth-order valence-electron chi connectivity index (χ4n) is 1.44. The van der Waals surface area contributed by atoms with Gasteiger partial charge in [0.1, 0.15) is 0 Å². The lowest BCUT2D eigenvalue weighted by molar-refractivity contribution is 0.416. The van der Waals surface area contributed by atoms with Gasteiger partial charge in [0.15, 0.2) is 0 Å². The molecule has 0 spiro atoms. The third kappa shape index (κ3) is 2.69. The van der Waals surface area contributed by atoms with E-state index >= 15 is 0 Å². The summed E-state index contributed by atoms with van der Waals surface area (Å²) >= 11 is 0. The summed E-state index contributed by atoms with van der Waals surface area (Å²) in [6.45, 7) is 0. The van der Waals surface area contributed by atoms with Crippen molar-refractivity contribution in [2.24, 2.45) is 0 Å². The zero-order valence-corrected chi connectivity index (χ0v) is 8.16. The predicted octanol–water partition coefficient (Wildman–Crippen LogP) is 0.718. The van der Waals surface area contributed by atoms with E-state index in [4.69, 9.17) is 0 Å². The Morgan fingerprint density at radius 1 is 1.36 bits per heavy atom. The van der Waals surface area contributed by atoms with Gasteiger partial charge in [-0.2, -0.15) is 0 Å². The van der Waals surface area contributed by atoms with Gasteiger partial charge in [-0.15, -0.1) is 9.24 Å². The molecule has 0 aromatic rings. The van der Waals surface area contributed by atoms with Gasteiger partial charge in [-0.3, -0.25) is 0 Å². The van der Waals surface area contributed by atoms with Gasteiger partial charge in [-0.05, 0) is 24.9 Å². The number of hydrogen-bond acceptors (Lipinski definition) is 3. The largest absolute Gasteiger partial charge is 0.748 e. The van der Waals surface area contributed by atoms with Crippen LogP contribution in [0.1, 0.15) is 25.7 Å². The lowest BCUT2D eigenvalue weighted by Gasteiger charge is -2.28. The van der Waals surface area contributed by atoms with Crippen molar-refractivity contribution in [2.45, 2.75) is 36.6 Å². The molecule has 1 aliphatic rings. The molecule has 11 heavy (non-hydrogen) atoms. The minimum absolute atomic E-state index is 0.317. The third-order valence-electron chi connectivity index (χ3n) is 2.07. The molecule has 1 fully saturated rings. The zero-order chi connectivity index (χ0) is 8.48. The fraction of sp³-hybridized carbons (Fsp3) is 1.00. The molecule has 1 saturated carbocycles. The van der Waals surface area contributed by atoms with E-state index in [1.54, 1.807) is 0 Å². The fourth-order valence-corrected chi connectivity index (χ4v) is 3.14. The molecule has 0 saturated heterocycles. The van der Waals surface area contributed by atoms with Crippen molar-refractivity contribution in [3.8, 4) is 0 Å². The Morgan fingerprint density at radius 3 is 2.36 bits per heavy atom.